The Bertz CT molecular complexity index is 684. The van der Waals surface area contributed by atoms with Crippen LogP contribution < -0.4 is 10.6 Å². The number of nitrogens with one attached hydrogen (secondary N) is 2. The van der Waals surface area contributed by atoms with Gasteiger partial charge in [0.15, 0.2) is 11.7 Å². The van der Waals surface area contributed by atoms with Gasteiger partial charge in [-0.2, -0.15) is 0 Å². The second kappa shape index (κ2) is 12.4. The number of amides is 1. The van der Waals surface area contributed by atoms with Crippen molar-refractivity contribution in [3.63, 3.8) is 0 Å². The van der Waals surface area contributed by atoms with E-state index in [1.807, 2.05) is 38.7 Å². The topological polar surface area (TPSA) is 92.0 Å². The molecule has 0 bridgehead atoms. The molecule has 2 N–H and O–H groups in total. The van der Waals surface area contributed by atoms with Crippen molar-refractivity contribution in [3.8, 4) is 0 Å². The van der Waals surface area contributed by atoms with Crippen LogP contribution >= 0.6 is 24.0 Å². The molecule has 1 saturated heterocycles. The molecular weight excluding hydrogens is 497 g/mol. The van der Waals surface area contributed by atoms with Gasteiger partial charge < -0.3 is 24.8 Å². The third-order valence-electron chi connectivity index (χ3n) is 4.67. The smallest absolute Gasteiger partial charge is 0.410 e. The fraction of sp³-hybridized carbons (Fsp3) is 0.762. The highest BCUT2D eigenvalue weighted by Crippen LogP contribution is 2.20. The Morgan fingerprint density at radius 1 is 1.37 bits per heavy atom. The summed E-state index contributed by atoms with van der Waals surface area (Å²) < 4.78 is 10.9. The van der Waals surface area contributed by atoms with E-state index in [1.165, 1.54) is 0 Å². The molecule has 1 aliphatic rings. The standard InChI is InChI=1S/C21H37N5O3.HI/c1-7-22-19(24-14-17-12-18(15(2)3)25-29-17)23-13-16-10-8-9-11-26(16)20(27)28-21(4,5)6;/h12,15-16H,7-11,13-14H2,1-6H3,(H2,22,23,24);1H. The van der Waals surface area contributed by atoms with Crippen LogP contribution in [-0.2, 0) is 11.3 Å². The highest BCUT2D eigenvalue weighted by Gasteiger charge is 2.30. The number of aliphatic imine (C=N–C) groups is 1. The van der Waals surface area contributed by atoms with Crippen LogP contribution in [0.5, 0.6) is 0 Å². The van der Waals surface area contributed by atoms with Crippen molar-refractivity contribution in [1.82, 2.24) is 20.7 Å². The largest absolute Gasteiger partial charge is 0.444 e. The number of guanidine groups is 1. The predicted molar refractivity (Wildman–Crippen MR) is 129 cm³/mol. The Morgan fingerprint density at radius 3 is 2.70 bits per heavy atom. The summed E-state index contributed by atoms with van der Waals surface area (Å²) in [6.07, 6.45) is 2.82. The van der Waals surface area contributed by atoms with Crippen LogP contribution in [-0.4, -0.2) is 53.4 Å². The van der Waals surface area contributed by atoms with Crippen LogP contribution in [0.25, 0.3) is 0 Å². The fourth-order valence-electron chi connectivity index (χ4n) is 3.16. The summed E-state index contributed by atoms with van der Waals surface area (Å²) in [6.45, 7) is 14.4. The first-order valence-corrected chi connectivity index (χ1v) is 10.7. The lowest BCUT2D eigenvalue weighted by molar-refractivity contribution is 0.0104. The molecule has 1 amide bonds. The molecule has 9 heteroatoms. The zero-order valence-electron chi connectivity index (χ0n) is 19.2. The number of hydrogen-bond donors (Lipinski definition) is 2. The highest BCUT2D eigenvalue weighted by atomic mass is 127. The first kappa shape index (κ1) is 26.5. The zero-order valence-corrected chi connectivity index (χ0v) is 21.5. The third kappa shape index (κ3) is 8.69. The molecule has 1 unspecified atom stereocenters. The van der Waals surface area contributed by atoms with E-state index in [4.69, 9.17) is 9.26 Å². The maximum atomic E-state index is 12.6. The van der Waals surface area contributed by atoms with E-state index in [1.54, 1.807) is 0 Å². The monoisotopic (exact) mass is 535 g/mol. The van der Waals surface area contributed by atoms with Gasteiger partial charge in [-0.3, -0.25) is 0 Å². The van der Waals surface area contributed by atoms with Crippen molar-refractivity contribution >= 4 is 36.0 Å². The van der Waals surface area contributed by atoms with Gasteiger partial charge in [0.1, 0.15) is 12.1 Å². The Balaban J connectivity index is 0.00000450. The average molecular weight is 535 g/mol. The molecule has 0 radical (unpaired) electrons. The Kier molecular flexibility index (Phi) is 10.9. The number of ether oxygens (including phenoxy) is 1. The molecule has 0 aliphatic carbocycles. The van der Waals surface area contributed by atoms with Gasteiger partial charge in [-0.25, -0.2) is 9.79 Å². The quantitative estimate of drug-likeness (QED) is 0.322. The summed E-state index contributed by atoms with van der Waals surface area (Å²) in [5, 5.41) is 10.7. The number of rotatable bonds is 6. The average Bonchev–Trinajstić information content (AvgIpc) is 3.12. The van der Waals surface area contributed by atoms with Gasteiger partial charge >= 0.3 is 6.09 Å². The molecule has 1 aliphatic heterocycles. The summed E-state index contributed by atoms with van der Waals surface area (Å²) in [6, 6.07) is 2.03. The van der Waals surface area contributed by atoms with Crippen molar-refractivity contribution in [1.29, 1.82) is 0 Å². The summed E-state index contributed by atoms with van der Waals surface area (Å²) in [5.74, 6) is 1.76. The molecule has 1 aromatic rings. The molecule has 1 atom stereocenters. The number of likely N-dealkylation sites (tertiary alicyclic amines) is 1. The Labute approximate surface area is 197 Å². The molecule has 2 rings (SSSR count). The molecule has 0 saturated carbocycles. The van der Waals surface area contributed by atoms with Crippen molar-refractivity contribution in [3.05, 3.63) is 17.5 Å². The lowest BCUT2D eigenvalue weighted by Gasteiger charge is -2.37. The third-order valence-corrected chi connectivity index (χ3v) is 4.67. The van der Waals surface area contributed by atoms with Gasteiger partial charge in [-0.1, -0.05) is 19.0 Å². The molecule has 2 heterocycles. The van der Waals surface area contributed by atoms with Crippen molar-refractivity contribution in [2.75, 3.05) is 19.6 Å². The van der Waals surface area contributed by atoms with Gasteiger partial charge in [-0.05, 0) is 52.9 Å². The van der Waals surface area contributed by atoms with E-state index >= 15 is 0 Å². The first-order valence-electron chi connectivity index (χ1n) is 10.7. The number of nitrogens with zero attached hydrogens (tertiary/aromatic N) is 3. The van der Waals surface area contributed by atoms with E-state index in [0.717, 1.165) is 43.8 Å². The van der Waals surface area contributed by atoms with Gasteiger partial charge in [0.25, 0.3) is 0 Å². The van der Waals surface area contributed by atoms with E-state index in [-0.39, 0.29) is 36.1 Å². The molecule has 8 nitrogen and oxygen atoms in total. The van der Waals surface area contributed by atoms with Crippen molar-refractivity contribution in [2.24, 2.45) is 4.99 Å². The SMILES string of the molecule is CCNC(=NCc1cc(C(C)C)no1)NCC1CCCCN1C(=O)OC(C)(C)C.I. The normalized spacial score (nSPS) is 17.5. The fourth-order valence-corrected chi connectivity index (χ4v) is 3.16. The molecule has 172 valence electrons. The second-order valence-corrected chi connectivity index (χ2v) is 8.77. The van der Waals surface area contributed by atoms with Crippen molar-refractivity contribution < 1.29 is 14.1 Å². The number of carbonyl (C=O) groups is 1. The van der Waals surface area contributed by atoms with Crippen LogP contribution in [0.3, 0.4) is 0 Å². The molecular formula is C21H38IN5O3. The van der Waals surface area contributed by atoms with Gasteiger partial charge in [0, 0.05) is 25.7 Å². The maximum absolute atomic E-state index is 12.6. The summed E-state index contributed by atoms with van der Waals surface area (Å²) in [5.41, 5.74) is 0.442. The van der Waals surface area contributed by atoms with Crippen molar-refractivity contribution in [2.45, 2.75) is 84.9 Å². The number of hydrogen-bond acceptors (Lipinski definition) is 5. The first-order chi connectivity index (χ1) is 13.7. The molecule has 30 heavy (non-hydrogen) atoms. The van der Waals surface area contributed by atoms with Crippen LogP contribution in [0.15, 0.2) is 15.6 Å². The second-order valence-electron chi connectivity index (χ2n) is 8.77. The minimum atomic E-state index is -0.491. The maximum Gasteiger partial charge on any atom is 0.410 e. The summed E-state index contributed by atoms with van der Waals surface area (Å²) >= 11 is 0. The zero-order chi connectivity index (χ0) is 21.4. The number of piperidine rings is 1. The minimum absolute atomic E-state index is 0. The summed E-state index contributed by atoms with van der Waals surface area (Å²) in [7, 11) is 0. The lowest BCUT2D eigenvalue weighted by atomic mass is 10.0. The van der Waals surface area contributed by atoms with E-state index < -0.39 is 5.60 Å². The van der Waals surface area contributed by atoms with Crippen LogP contribution in [0.1, 0.15) is 78.2 Å². The molecule has 1 aromatic heterocycles. The van der Waals surface area contributed by atoms with Crippen LogP contribution in [0, 0.1) is 0 Å². The van der Waals surface area contributed by atoms with Crippen LogP contribution in [0.4, 0.5) is 4.79 Å². The predicted octanol–water partition coefficient (Wildman–Crippen LogP) is 4.26. The van der Waals surface area contributed by atoms with E-state index in [9.17, 15) is 4.79 Å². The number of halogens is 1. The van der Waals surface area contributed by atoms with Gasteiger partial charge in [-0.15, -0.1) is 24.0 Å². The lowest BCUT2D eigenvalue weighted by Crippen LogP contribution is -2.52. The van der Waals surface area contributed by atoms with Gasteiger partial charge in [0.2, 0.25) is 0 Å². The molecule has 1 fully saturated rings. The van der Waals surface area contributed by atoms with Crippen LogP contribution in [0.2, 0.25) is 0 Å². The minimum Gasteiger partial charge on any atom is -0.444 e. The number of carbonyl (C=O) groups excluding carboxylic acids is 1. The Hall–Kier alpha value is -1.52. The van der Waals surface area contributed by atoms with Gasteiger partial charge in [0.05, 0.1) is 11.7 Å². The highest BCUT2D eigenvalue weighted by molar-refractivity contribution is 14.0. The summed E-state index contributed by atoms with van der Waals surface area (Å²) in [4.78, 5) is 19.0. The van der Waals surface area contributed by atoms with E-state index in [0.29, 0.717) is 25.0 Å². The Morgan fingerprint density at radius 2 is 2.10 bits per heavy atom. The van der Waals surface area contributed by atoms with E-state index in [2.05, 4.69) is 34.6 Å². The molecule has 0 aromatic carbocycles. The number of aromatic nitrogens is 1. The molecule has 0 spiro atoms.